The molecule has 1 nitrogen and oxygen atoms in total. The highest BCUT2D eigenvalue weighted by Gasteiger charge is 2.53. The van der Waals surface area contributed by atoms with E-state index in [0.717, 1.165) is 0 Å². The van der Waals surface area contributed by atoms with Crippen molar-refractivity contribution in [3.8, 4) is 0 Å². The van der Waals surface area contributed by atoms with Gasteiger partial charge in [-0.15, -0.1) is 0 Å². The van der Waals surface area contributed by atoms with Crippen molar-refractivity contribution in [2.75, 3.05) is 0 Å². The molecule has 0 spiro atoms. The maximum Gasteiger partial charge on any atom is 0.0197 e. The van der Waals surface area contributed by atoms with Crippen LogP contribution >= 0.6 is 0 Å². The SMILES string of the molecule is CC1=C(C)[C@]2(C)CC(C)(C)C[C@H]1[C@H]2N. The molecule has 14 heavy (non-hydrogen) atoms. The number of hydrogen-bond donors (Lipinski definition) is 1. The molecule has 80 valence electrons. The summed E-state index contributed by atoms with van der Waals surface area (Å²) in [6, 6.07) is 0.371. The quantitative estimate of drug-likeness (QED) is 0.588. The topological polar surface area (TPSA) is 26.0 Å². The van der Waals surface area contributed by atoms with E-state index in [1.165, 1.54) is 12.8 Å². The van der Waals surface area contributed by atoms with Crippen LogP contribution in [-0.2, 0) is 0 Å². The normalized spacial score (nSPS) is 45.9. The van der Waals surface area contributed by atoms with Gasteiger partial charge in [-0.05, 0) is 38.0 Å². The van der Waals surface area contributed by atoms with Gasteiger partial charge in [0.1, 0.15) is 0 Å². The van der Waals surface area contributed by atoms with Crippen LogP contribution < -0.4 is 5.73 Å². The van der Waals surface area contributed by atoms with Crippen molar-refractivity contribution in [3.05, 3.63) is 11.1 Å². The Morgan fingerprint density at radius 2 is 1.79 bits per heavy atom. The van der Waals surface area contributed by atoms with Crippen molar-refractivity contribution in [3.63, 3.8) is 0 Å². The minimum atomic E-state index is 0.274. The molecule has 0 heterocycles. The molecule has 0 unspecified atom stereocenters. The molecule has 0 amide bonds. The second-order valence-corrected chi connectivity index (χ2v) is 6.40. The van der Waals surface area contributed by atoms with Crippen molar-refractivity contribution in [2.24, 2.45) is 22.5 Å². The van der Waals surface area contributed by atoms with Crippen molar-refractivity contribution in [2.45, 2.75) is 53.5 Å². The van der Waals surface area contributed by atoms with Gasteiger partial charge in [-0.25, -0.2) is 0 Å². The third-order valence-corrected chi connectivity index (χ3v) is 4.79. The maximum atomic E-state index is 6.38. The van der Waals surface area contributed by atoms with Gasteiger partial charge in [0.05, 0.1) is 0 Å². The highest BCUT2D eigenvalue weighted by Crippen LogP contribution is 2.58. The molecule has 1 heteroatoms. The molecular formula is C13H23N. The van der Waals surface area contributed by atoms with Gasteiger partial charge in [0.15, 0.2) is 0 Å². The Morgan fingerprint density at radius 1 is 1.21 bits per heavy atom. The van der Waals surface area contributed by atoms with E-state index in [2.05, 4.69) is 34.6 Å². The first-order valence-corrected chi connectivity index (χ1v) is 5.71. The zero-order valence-electron chi connectivity index (χ0n) is 10.1. The van der Waals surface area contributed by atoms with Gasteiger partial charge in [-0.1, -0.05) is 31.9 Å². The lowest BCUT2D eigenvalue weighted by Gasteiger charge is -2.46. The molecule has 2 aliphatic carbocycles. The first-order chi connectivity index (χ1) is 6.28. The van der Waals surface area contributed by atoms with Crippen molar-refractivity contribution in [1.29, 1.82) is 0 Å². The van der Waals surface area contributed by atoms with Gasteiger partial charge in [0.2, 0.25) is 0 Å². The van der Waals surface area contributed by atoms with Crippen LogP contribution in [0.15, 0.2) is 11.1 Å². The van der Waals surface area contributed by atoms with E-state index in [0.29, 0.717) is 17.4 Å². The first kappa shape index (κ1) is 10.2. The van der Waals surface area contributed by atoms with Crippen molar-refractivity contribution in [1.82, 2.24) is 0 Å². The van der Waals surface area contributed by atoms with E-state index in [1.54, 1.807) is 11.1 Å². The Balaban J connectivity index is 2.45. The van der Waals surface area contributed by atoms with Gasteiger partial charge in [0.25, 0.3) is 0 Å². The van der Waals surface area contributed by atoms with Crippen LogP contribution in [0.25, 0.3) is 0 Å². The highest BCUT2D eigenvalue weighted by molar-refractivity contribution is 5.34. The molecule has 2 bridgehead atoms. The Kier molecular flexibility index (Phi) is 1.92. The molecule has 0 aromatic rings. The summed E-state index contributed by atoms with van der Waals surface area (Å²) in [7, 11) is 0. The van der Waals surface area contributed by atoms with Crippen molar-refractivity contribution >= 4 is 0 Å². The molecule has 3 atom stereocenters. The fourth-order valence-electron chi connectivity index (χ4n) is 3.88. The van der Waals surface area contributed by atoms with Crippen LogP contribution in [0, 0.1) is 16.7 Å². The first-order valence-electron chi connectivity index (χ1n) is 5.71. The van der Waals surface area contributed by atoms with E-state index in [-0.39, 0.29) is 5.41 Å². The molecule has 1 fully saturated rings. The summed E-state index contributed by atoms with van der Waals surface area (Å²) >= 11 is 0. The van der Waals surface area contributed by atoms with Gasteiger partial charge >= 0.3 is 0 Å². The molecule has 1 saturated carbocycles. The Morgan fingerprint density at radius 3 is 2.29 bits per heavy atom. The smallest absolute Gasteiger partial charge is 0.0197 e. The number of hydrogen-bond acceptors (Lipinski definition) is 1. The highest BCUT2D eigenvalue weighted by atomic mass is 14.8. The largest absolute Gasteiger partial charge is 0.326 e. The van der Waals surface area contributed by atoms with Crippen LogP contribution in [0.5, 0.6) is 0 Å². The lowest BCUT2D eigenvalue weighted by Crippen LogP contribution is -2.48. The fourth-order valence-corrected chi connectivity index (χ4v) is 3.88. The number of fused-ring (bicyclic) bond motifs is 2. The summed E-state index contributed by atoms with van der Waals surface area (Å²) in [6.07, 6.45) is 2.52. The van der Waals surface area contributed by atoms with Gasteiger partial charge < -0.3 is 5.73 Å². The zero-order chi connectivity index (χ0) is 10.7. The zero-order valence-corrected chi connectivity index (χ0v) is 10.1. The predicted octanol–water partition coefficient (Wildman–Crippen LogP) is 3.11. The van der Waals surface area contributed by atoms with Gasteiger partial charge in [-0.3, -0.25) is 0 Å². The van der Waals surface area contributed by atoms with Crippen LogP contribution in [0.4, 0.5) is 0 Å². The second kappa shape index (κ2) is 2.63. The van der Waals surface area contributed by atoms with Crippen LogP contribution in [0.2, 0.25) is 0 Å². The standard InChI is InChI=1S/C13H23N/c1-8-9(2)13(5)7-12(3,4)6-10(8)11(13)14/h10-11H,6-7,14H2,1-5H3/t10-,11-,13+/m1/s1. The number of rotatable bonds is 0. The second-order valence-electron chi connectivity index (χ2n) is 6.40. The fraction of sp³-hybridized carbons (Fsp3) is 0.846. The Labute approximate surface area is 87.8 Å². The number of nitrogens with two attached hydrogens (primary N) is 1. The lowest BCUT2D eigenvalue weighted by atomic mass is 9.60. The Hall–Kier alpha value is -0.300. The maximum absolute atomic E-state index is 6.38. The van der Waals surface area contributed by atoms with Gasteiger partial charge in [0, 0.05) is 11.5 Å². The summed E-state index contributed by atoms with van der Waals surface area (Å²) < 4.78 is 0. The van der Waals surface area contributed by atoms with E-state index in [1.807, 2.05) is 0 Å². The summed E-state index contributed by atoms with van der Waals surface area (Å²) in [4.78, 5) is 0. The van der Waals surface area contributed by atoms with Crippen molar-refractivity contribution < 1.29 is 0 Å². The molecule has 0 aromatic heterocycles. The monoisotopic (exact) mass is 193 g/mol. The third-order valence-electron chi connectivity index (χ3n) is 4.79. The summed E-state index contributed by atoms with van der Waals surface area (Å²) in [5, 5.41) is 0. The van der Waals surface area contributed by atoms with E-state index in [9.17, 15) is 0 Å². The lowest BCUT2D eigenvalue weighted by molar-refractivity contribution is 0.0917. The minimum Gasteiger partial charge on any atom is -0.326 e. The summed E-state index contributed by atoms with van der Waals surface area (Å²) in [6.45, 7) is 11.7. The minimum absolute atomic E-state index is 0.274. The van der Waals surface area contributed by atoms with Crippen LogP contribution in [-0.4, -0.2) is 6.04 Å². The third kappa shape index (κ3) is 1.11. The van der Waals surface area contributed by atoms with Crippen LogP contribution in [0.3, 0.4) is 0 Å². The van der Waals surface area contributed by atoms with E-state index < -0.39 is 0 Å². The molecule has 2 rings (SSSR count). The molecule has 2 N–H and O–H groups in total. The Bertz CT molecular complexity index is 300. The van der Waals surface area contributed by atoms with Crippen LogP contribution in [0.1, 0.15) is 47.5 Å². The molecule has 0 aromatic carbocycles. The average Bonchev–Trinajstić information content (AvgIpc) is 2.19. The molecule has 0 aliphatic heterocycles. The summed E-state index contributed by atoms with van der Waals surface area (Å²) in [5.74, 6) is 0.642. The average molecular weight is 193 g/mol. The van der Waals surface area contributed by atoms with Gasteiger partial charge in [-0.2, -0.15) is 0 Å². The molecule has 2 aliphatic rings. The van der Waals surface area contributed by atoms with E-state index in [4.69, 9.17) is 5.73 Å². The predicted molar refractivity (Wildman–Crippen MR) is 61.0 cm³/mol. The molecule has 0 radical (unpaired) electrons. The van der Waals surface area contributed by atoms with E-state index >= 15 is 0 Å². The molecule has 0 saturated heterocycles. The summed E-state index contributed by atoms with van der Waals surface area (Å²) in [5.41, 5.74) is 10.3. The molecular weight excluding hydrogens is 170 g/mol.